The van der Waals surface area contributed by atoms with Crippen molar-refractivity contribution in [2.75, 3.05) is 26.2 Å². The van der Waals surface area contributed by atoms with Crippen molar-refractivity contribution in [1.82, 2.24) is 9.80 Å². The molecule has 0 spiro atoms. The lowest BCUT2D eigenvalue weighted by Crippen LogP contribution is -2.37. The maximum absolute atomic E-state index is 12.9. The Morgan fingerprint density at radius 2 is 1.23 bits per heavy atom. The molecule has 160 valence electrons. The summed E-state index contributed by atoms with van der Waals surface area (Å²) in [5.41, 5.74) is 1.88. The number of amides is 2. The quantitative estimate of drug-likeness (QED) is 0.658. The van der Waals surface area contributed by atoms with Crippen LogP contribution in [-0.4, -0.2) is 63.1 Å². The van der Waals surface area contributed by atoms with Gasteiger partial charge in [-0.3, -0.25) is 9.59 Å². The van der Waals surface area contributed by atoms with Gasteiger partial charge in [0.25, 0.3) is 11.8 Å². The van der Waals surface area contributed by atoms with Gasteiger partial charge in [-0.25, -0.2) is 0 Å². The van der Waals surface area contributed by atoms with E-state index in [2.05, 4.69) is 20.8 Å². The number of aromatic hydroxyl groups is 3. The normalized spacial score (nSPS) is 15.0. The fourth-order valence-electron chi connectivity index (χ4n) is 3.53. The molecule has 1 heterocycles. The van der Waals surface area contributed by atoms with Crippen molar-refractivity contribution >= 4 is 11.8 Å². The number of hydrogen-bond acceptors (Lipinski definition) is 5. The summed E-state index contributed by atoms with van der Waals surface area (Å²) in [6, 6.07) is 9.90. The van der Waals surface area contributed by atoms with E-state index in [1.54, 1.807) is 9.80 Å². The van der Waals surface area contributed by atoms with Crippen molar-refractivity contribution in [3.8, 4) is 17.2 Å². The van der Waals surface area contributed by atoms with E-state index in [1.807, 2.05) is 24.3 Å². The van der Waals surface area contributed by atoms with Crippen LogP contribution < -0.4 is 0 Å². The maximum atomic E-state index is 12.9. The van der Waals surface area contributed by atoms with Gasteiger partial charge in [0, 0.05) is 37.3 Å². The fourth-order valence-corrected chi connectivity index (χ4v) is 3.53. The molecule has 2 aromatic carbocycles. The van der Waals surface area contributed by atoms with Crippen LogP contribution in [0.2, 0.25) is 0 Å². The summed E-state index contributed by atoms with van der Waals surface area (Å²) in [5.74, 6) is -2.20. The first kappa shape index (κ1) is 21.5. The summed E-state index contributed by atoms with van der Waals surface area (Å²) in [7, 11) is 0. The molecule has 0 aromatic heterocycles. The van der Waals surface area contributed by atoms with Gasteiger partial charge in [-0.1, -0.05) is 32.9 Å². The Morgan fingerprint density at radius 1 is 0.767 bits per heavy atom. The molecule has 1 fully saturated rings. The molecule has 3 N–H and O–H groups in total. The first-order chi connectivity index (χ1) is 14.1. The molecular weight excluding hydrogens is 384 g/mol. The molecule has 0 radical (unpaired) electrons. The lowest BCUT2D eigenvalue weighted by Gasteiger charge is -2.23. The van der Waals surface area contributed by atoms with Crippen molar-refractivity contribution in [1.29, 1.82) is 0 Å². The zero-order valence-corrected chi connectivity index (χ0v) is 17.6. The lowest BCUT2D eigenvalue weighted by atomic mass is 9.86. The molecule has 2 amide bonds. The number of phenolic OH excluding ortho intramolecular Hbond substituents is 3. The molecule has 1 aliphatic rings. The Balaban J connectivity index is 1.68. The second-order valence-electron chi connectivity index (χ2n) is 8.63. The van der Waals surface area contributed by atoms with Crippen LogP contribution in [-0.2, 0) is 5.41 Å². The number of nitrogens with zero attached hydrogens (tertiary/aromatic N) is 2. The van der Waals surface area contributed by atoms with Crippen molar-refractivity contribution < 1.29 is 24.9 Å². The zero-order valence-electron chi connectivity index (χ0n) is 17.6. The molecule has 0 aliphatic carbocycles. The first-order valence-electron chi connectivity index (χ1n) is 10.0. The Labute approximate surface area is 176 Å². The molecule has 30 heavy (non-hydrogen) atoms. The highest BCUT2D eigenvalue weighted by atomic mass is 16.3. The largest absolute Gasteiger partial charge is 0.504 e. The van der Waals surface area contributed by atoms with Crippen LogP contribution in [0.4, 0.5) is 0 Å². The molecule has 0 bridgehead atoms. The van der Waals surface area contributed by atoms with Gasteiger partial charge in [0.1, 0.15) is 0 Å². The highest BCUT2D eigenvalue weighted by Crippen LogP contribution is 2.35. The number of hydrogen-bond donors (Lipinski definition) is 3. The topological polar surface area (TPSA) is 101 Å². The smallest absolute Gasteiger partial charge is 0.254 e. The number of carbonyl (C=O) groups is 2. The number of rotatable bonds is 2. The molecule has 3 rings (SSSR count). The van der Waals surface area contributed by atoms with Gasteiger partial charge >= 0.3 is 0 Å². The van der Waals surface area contributed by atoms with Crippen molar-refractivity contribution in [3.63, 3.8) is 0 Å². The summed E-state index contributed by atoms with van der Waals surface area (Å²) in [4.78, 5) is 29.0. The Hall–Kier alpha value is -3.22. The predicted molar refractivity (Wildman–Crippen MR) is 113 cm³/mol. The van der Waals surface area contributed by atoms with Crippen LogP contribution in [0.25, 0.3) is 0 Å². The first-order valence-corrected chi connectivity index (χ1v) is 10.0. The number of benzene rings is 2. The van der Waals surface area contributed by atoms with Gasteiger partial charge in [-0.15, -0.1) is 0 Å². The number of carbonyl (C=O) groups excluding carboxylic acids is 2. The third kappa shape index (κ3) is 4.50. The van der Waals surface area contributed by atoms with Crippen molar-refractivity contribution in [2.45, 2.75) is 32.6 Å². The Morgan fingerprint density at radius 3 is 1.70 bits per heavy atom. The summed E-state index contributed by atoms with van der Waals surface area (Å²) >= 11 is 0. The van der Waals surface area contributed by atoms with E-state index in [9.17, 15) is 24.9 Å². The third-order valence-electron chi connectivity index (χ3n) is 5.38. The van der Waals surface area contributed by atoms with E-state index >= 15 is 0 Å². The van der Waals surface area contributed by atoms with Gasteiger partial charge in [0.05, 0.1) is 0 Å². The summed E-state index contributed by atoms with van der Waals surface area (Å²) in [6.45, 7) is 8.09. The number of phenols is 3. The van der Waals surface area contributed by atoms with Crippen molar-refractivity contribution in [2.24, 2.45) is 0 Å². The molecule has 2 aromatic rings. The summed E-state index contributed by atoms with van der Waals surface area (Å²) in [6.07, 6.45) is 0.619. The Kier molecular flexibility index (Phi) is 5.92. The van der Waals surface area contributed by atoms with Crippen LogP contribution in [0.3, 0.4) is 0 Å². The lowest BCUT2D eigenvalue weighted by molar-refractivity contribution is 0.0718. The minimum absolute atomic E-state index is 0.0160. The minimum atomic E-state index is -0.656. The molecular formula is C23H28N2O5. The molecule has 1 aliphatic heterocycles. The molecule has 7 nitrogen and oxygen atoms in total. The van der Waals surface area contributed by atoms with Crippen LogP contribution in [0.15, 0.2) is 36.4 Å². The molecule has 7 heteroatoms. The van der Waals surface area contributed by atoms with Crippen LogP contribution in [0.1, 0.15) is 53.5 Å². The average Bonchev–Trinajstić information content (AvgIpc) is 2.96. The monoisotopic (exact) mass is 412 g/mol. The molecule has 0 unspecified atom stereocenters. The zero-order chi connectivity index (χ0) is 22.1. The standard InChI is InChI=1S/C23H28N2O5/c1-23(2,3)17-7-5-15(6-8-17)21(29)24-9-4-10-25(12-11-24)22(30)16-13-18(26)20(28)19(27)14-16/h5-8,13-14,26-28H,4,9-12H2,1-3H3. The van der Waals surface area contributed by atoms with E-state index in [0.29, 0.717) is 38.2 Å². The van der Waals surface area contributed by atoms with Gasteiger partial charge in [-0.2, -0.15) is 0 Å². The van der Waals surface area contributed by atoms with Crippen molar-refractivity contribution in [3.05, 3.63) is 53.1 Å². The van der Waals surface area contributed by atoms with Gasteiger partial charge in [0.2, 0.25) is 0 Å². The summed E-state index contributed by atoms with van der Waals surface area (Å²) < 4.78 is 0. The second kappa shape index (κ2) is 8.26. The van der Waals surface area contributed by atoms with Crippen LogP contribution in [0.5, 0.6) is 17.2 Å². The highest BCUT2D eigenvalue weighted by Gasteiger charge is 2.25. The maximum Gasteiger partial charge on any atom is 0.254 e. The molecule has 0 saturated carbocycles. The van der Waals surface area contributed by atoms with Gasteiger partial charge in [-0.05, 0) is 41.7 Å². The van der Waals surface area contributed by atoms with E-state index in [-0.39, 0.29) is 22.8 Å². The van der Waals surface area contributed by atoms with E-state index in [1.165, 1.54) is 0 Å². The molecule has 1 saturated heterocycles. The second-order valence-corrected chi connectivity index (χ2v) is 8.63. The summed E-state index contributed by atoms with van der Waals surface area (Å²) in [5, 5.41) is 28.8. The van der Waals surface area contributed by atoms with E-state index in [0.717, 1.165) is 17.7 Å². The van der Waals surface area contributed by atoms with Gasteiger partial charge in [0.15, 0.2) is 17.2 Å². The van der Waals surface area contributed by atoms with Crippen LogP contribution in [0, 0.1) is 0 Å². The minimum Gasteiger partial charge on any atom is -0.504 e. The Bertz CT molecular complexity index is 924. The van der Waals surface area contributed by atoms with Gasteiger partial charge < -0.3 is 25.1 Å². The average molecular weight is 412 g/mol. The third-order valence-corrected chi connectivity index (χ3v) is 5.38. The van der Waals surface area contributed by atoms with Crippen LogP contribution >= 0.6 is 0 Å². The van der Waals surface area contributed by atoms with E-state index in [4.69, 9.17) is 0 Å². The SMILES string of the molecule is CC(C)(C)c1ccc(C(=O)N2CCCN(C(=O)c3cc(O)c(O)c(O)c3)CC2)cc1. The highest BCUT2D eigenvalue weighted by molar-refractivity contribution is 5.96. The fraction of sp³-hybridized carbons (Fsp3) is 0.391. The molecule has 0 atom stereocenters. The predicted octanol–water partition coefficient (Wildman–Crippen LogP) is 3.09. The van der Waals surface area contributed by atoms with E-state index < -0.39 is 17.2 Å².